The molecule has 0 radical (unpaired) electrons. The number of rotatable bonds is 5. The third-order valence-corrected chi connectivity index (χ3v) is 3.82. The summed E-state index contributed by atoms with van der Waals surface area (Å²) in [6.07, 6.45) is -2.95. The SMILES string of the molecule is Nc1nc2c(ccn2[C@@H]2O[C@H](OOP(O)CO)C[C@]2(O)F)c(=O)[nH]1. The van der Waals surface area contributed by atoms with Crippen LogP contribution < -0.4 is 11.3 Å². The summed E-state index contributed by atoms with van der Waals surface area (Å²) >= 11 is 0. The maximum absolute atomic E-state index is 14.4. The molecule has 3 rings (SSSR count). The van der Waals surface area contributed by atoms with Crippen LogP contribution in [0.1, 0.15) is 12.6 Å². The van der Waals surface area contributed by atoms with Gasteiger partial charge in [0.25, 0.3) is 11.4 Å². The second-order valence-corrected chi connectivity index (χ2v) is 6.15. The van der Waals surface area contributed by atoms with E-state index in [4.69, 9.17) is 20.5 Å². The number of aliphatic hydroxyl groups is 2. The molecule has 0 saturated carbocycles. The summed E-state index contributed by atoms with van der Waals surface area (Å²) in [6.45, 7) is 0. The fraction of sp³-hybridized carbons (Fsp3) is 0.455. The Labute approximate surface area is 134 Å². The van der Waals surface area contributed by atoms with E-state index in [1.54, 1.807) is 0 Å². The Morgan fingerprint density at radius 3 is 3.12 bits per heavy atom. The fourth-order valence-electron chi connectivity index (χ4n) is 2.34. The number of hydrogen-bond acceptors (Lipinski definition) is 9. The predicted molar refractivity (Wildman–Crippen MR) is 77.7 cm³/mol. The first-order valence-electron chi connectivity index (χ1n) is 6.65. The molecule has 0 amide bonds. The molecule has 1 aliphatic rings. The Morgan fingerprint density at radius 2 is 2.42 bits per heavy atom. The Morgan fingerprint density at radius 1 is 1.67 bits per heavy atom. The highest BCUT2D eigenvalue weighted by atomic mass is 31.2. The minimum Gasteiger partial charge on any atom is -0.387 e. The molecule has 13 heteroatoms. The Balaban J connectivity index is 1.88. The molecule has 2 aromatic rings. The number of nitrogens with two attached hydrogens (primary N) is 1. The zero-order valence-electron chi connectivity index (χ0n) is 12.0. The quantitative estimate of drug-likeness (QED) is 0.265. The number of anilines is 1. The first-order chi connectivity index (χ1) is 11.3. The van der Waals surface area contributed by atoms with Crippen LogP contribution in [0.25, 0.3) is 11.0 Å². The van der Waals surface area contributed by atoms with Crippen LogP contribution in [-0.4, -0.2) is 48.1 Å². The van der Waals surface area contributed by atoms with Gasteiger partial charge in [-0.15, -0.1) is 0 Å². The molecular formula is C11H14FN4O7P. The molecule has 0 spiro atoms. The van der Waals surface area contributed by atoms with Crippen LogP contribution in [0.3, 0.4) is 0 Å². The van der Waals surface area contributed by atoms with Gasteiger partial charge >= 0.3 is 0 Å². The van der Waals surface area contributed by atoms with Gasteiger partial charge in [0.15, 0.2) is 18.2 Å². The number of nitrogens with one attached hydrogen (secondary N) is 1. The highest BCUT2D eigenvalue weighted by Gasteiger charge is 2.51. The van der Waals surface area contributed by atoms with Gasteiger partial charge in [-0.25, -0.2) is 4.39 Å². The number of hydrogen-bond donors (Lipinski definition) is 5. The molecule has 0 aliphatic carbocycles. The largest absolute Gasteiger partial charge is 0.387 e. The van der Waals surface area contributed by atoms with Gasteiger partial charge in [0.2, 0.25) is 14.3 Å². The number of nitrogens with zero attached hydrogens (tertiary/aromatic N) is 2. The smallest absolute Gasteiger partial charge is 0.261 e. The second-order valence-electron chi connectivity index (χ2n) is 5.02. The number of aromatic amines is 1. The molecule has 0 aromatic carbocycles. The molecule has 4 atom stereocenters. The zero-order valence-corrected chi connectivity index (χ0v) is 12.9. The topological polar surface area (TPSA) is 165 Å². The number of halogens is 1. The Hall–Kier alpha value is -1.66. The van der Waals surface area contributed by atoms with E-state index in [9.17, 15) is 14.3 Å². The van der Waals surface area contributed by atoms with Crippen molar-refractivity contribution in [1.82, 2.24) is 14.5 Å². The summed E-state index contributed by atoms with van der Waals surface area (Å²) in [6, 6.07) is 1.36. The molecule has 3 heterocycles. The van der Waals surface area contributed by atoms with Crippen LogP contribution >= 0.6 is 8.38 Å². The van der Waals surface area contributed by atoms with E-state index < -0.39 is 45.1 Å². The third kappa shape index (κ3) is 3.13. The van der Waals surface area contributed by atoms with Crippen molar-refractivity contribution in [3.05, 3.63) is 22.6 Å². The lowest BCUT2D eigenvalue weighted by atomic mass is 10.2. The molecule has 2 aromatic heterocycles. The minimum absolute atomic E-state index is 0.0126. The first-order valence-corrected chi connectivity index (χ1v) is 8.05. The normalized spacial score (nSPS) is 28.5. The first kappa shape index (κ1) is 17.2. The number of H-pyrrole nitrogens is 1. The van der Waals surface area contributed by atoms with Crippen molar-refractivity contribution in [2.45, 2.75) is 24.8 Å². The lowest BCUT2D eigenvalue weighted by Crippen LogP contribution is -2.30. The molecule has 6 N–H and O–H groups in total. The van der Waals surface area contributed by atoms with Crippen LogP contribution in [0.5, 0.6) is 0 Å². The van der Waals surface area contributed by atoms with E-state index in [-0.39, 0.29) is 17.0 Å². The average Bonchev–Trinajstić information content (AvgIpc) is 3.04. The standard InChI is InChI=1S/C11H14FN4O7P/c12-11(19)3-6(22-23-24(20)4-17)21-9(11)16-2-1-5-7(16)14-10(13)15-8(5)18/h1-2,6,9,17,19-20H,3-4H2,(H3,13,14,15,18)/t6-,9-,11-,24?/m1/s1. The molecule has 24 heavy (non-hydrogen) atoms. The van der Waals surface area contributed by atoms with Crippen LogP contribution in [0, 0.1) is 0 Å². The Bertz CT molecular complexity index is 796. The summed E-state index contributed by atoms with van der Waals surface area (Å²) < 4.78 is 25.2. The third-order valence-electron chi connectivity index (χ3n) is 3.32. The van der Waals surface area contributed by atoms with E-state index in [1.807, 2.05) is 0 Å². The molecule has 1 aliphatic heterocycles. The summed E-state index contributed by atoms with van der Waals surface area (Å²) in [7, 11) is -2.25. The van der Waals surface area contributed by atoms with Crippen molar-refractivity contribution in [2.75, 3.05) is 12.1 Å². The van der Waals surface area contributed by atoms with Crippen molar-refractivity contribution < 1.29 is 33.8 Å². The number of ether oxygens (including phenoxy) is 1. The van der Waals surface area contributed by atoms with Gasteiger partial charge in [-0.05, 0) is 6.07 Å². The number of aromatic nitrogens is 3. The lowest BCUT2D eigenvalue weighted by molar-refractivity contribution is -0.318. The molecule has 1 unspecified atom stereocenters. The molecule has 0 bridgehead atoms. The molecular weight excluding hydrogens is 350 g/mol. The summed E-state index contributed by atoms with van der Waals surface area (Å²) in [4.78, 5) is 31.7. The average molecular weight is 364 g/mol. The maximum Gasteiger partial charge on any atom is 0.261 e. The molecule has 132 valence electrons. The van der Waals surface area contributed by atoms with Crippen molar-refractivity contribution in [3.63, 3.8) is 0 Å². The van der Waals surface area contributed by atoms with E-state index in [0.717, 1.165) is 4.57 Å². The number of nitrogen functional groups attached to an aromatic ring is 1. The van der Waals surface area contributed by atoms with Gasteiger partial charge in [-0.1, -0.05) is 0 Å². The molecule has 11 nitrogen and oxygen atoms in total. The minimum atomic E-state index is -2.86. The van der Waals surface area contributed by atoms with Crippen molar-refractivity contribution in [2.24, 2.45) is 0 Å². The van der Waals surface area contributed by atoms with Gasteiger partial charge in [-0.3, -0.25) is 9.78 Å². The van der Waals surface area contributed by atoms with Crippen LogP contribution in [0.4, 0.5) is 10.3 Å². The van der Waals surface area contributed by atoms with Crippen LogP contribution in [-0.2, 0) is 14.3 Å². The lowest BCUT2D eigenvalue weighted by Gasteiger charge is -2.21. The second kappa shape index (κ2) is 6.33. The highest BCUT2D eigenvalue weighted by Crippen LogP contribution is 2.42. The van der Waals surface area contributed by atoms with E-state index in [0.29, 0.717) is 0 Å². The molecule has 1 fully saturated rings. The fourth-order valence-corrected chi connectivity index (χ4v) is 2.58. The van der Waals surface area contributed by atoms with Gasteiger partial charge < -0.3 is 30.1 Å². The van der Waals surface area contributed by atoms with Gasteiger partial charge in [-0.2, -0.15) is 14.5 Å². The summed E-state index contributed by atoms with van der Waals surface area (Å²) in [5.41, 5.74) is 4.96. The van der Waals surface area contributed by atoms with Crippen molar-refractivity contribution in [1.29, 1.82) is 0 Å². The predicted octanol–water partition coefficient (Wildman–Crippen LogP) is -0.588. The summed E-state index contributed by atoms with van der Waals surface area (Å²) in [5, 5.41) is 18.7. The van der Waals surface area contributed by atoms with Crippen molar-refractivity contribution >= 4 is 25.4 Å². The number of alkyl halides is 1. The number of aliphatic hydroxyl groups excluding tert-OH is 1. The van der Waals surface area contributed by atoms with E-state index in [1.165, 1.54) is 12.3 Å². The molecule has 1 saturated heterocycles. The monoisotopic (exact) mass is 364 g/mol. The zero-order chi connectivity index (χ0) is 17.5. The number of fused-ring (bicyclic) bond motifs is 1. The van der Waals surface area contributed by atoms with Gasteiger partial charge in [0.1, 0.15) is 6.35 Å². The maximum atomic E-state index is 14.4. The van der Waals surface area contributed by atoms with Crippen LogP contribution in [0.2, 0.25) is 0 Å². The summed E-state index contributed by atoms with van der Waals surface area (Å²) in [5.74, 6) is -3.05. The van der Waals surface area contributed by atoms with E-state index >= 15 is 0 Å². The van der Waals surface area contributed by atoms with E-state index in [2.05, 4.69) is 19.5 Å². The highest BCUT2D eigenvalue weighted by molar-refractivity contribution is 7.45. The van der Waals surface area contributed by atoms with Crippen LogP contribution in [0.15, 0.2) is 17.1 Å². The van der Waals surface area contributed by atoms with Gasteiger partial charge in [0.05, 0.1) is 11.8 Å². The van der Waals surface area contributed by atoms with Crippen molar-refractivity contribution in [3.8, 4) is 0 Å². The Kier molecular flexibility index (Phi) is 4.53. The van der Waals surface area contributed by atoms with Gasteiger partial charge in [0, 0.05) is 6.20 Å².